The van der Waals surface area contributed by atoms with Crippen molar-refractivity contribution in [2.24, 2.45) is 0 Å². The smallest absolute Gasteiger partial charge is 0.0716 e. The molecular weight excluding hydrogens is 260 g/mol. The van der Waals surface area contributed by atoms with Crippen LogP contribution in [0.2, 0.25) is 0 Å². The second-order valence-electron chi connectivity index (χ2n) is 5.77. The van der Waals surface area contributed by atoms with Gasteiger partial charge < -0.3 is 9.84 Å². The van der Waals surface area contributed by atoms with E-state index in [0.29, 0.717) is 19.6 Å². The second kappa shape index (κ2) is 7.96. The van der Waals surface area contributed by atoms with Crippen molar-refractivity contribution < 1.29 is 9.84 Å². The number of ether oxygens (including phenoxy) is 1. The standard InChI is InChI=1S/C19H24O2/c1-19(20,13-12-17-8-4-2-5-9-17)14-15-21-16-18-10-6-3-7-11-18/h2-11,20H,12-16H2,1H3/t19-/m0/s1. The maximum absolute atomic E-state index is 10.4. The molecule has 0 aromatic heterocycles. The lowest BCUT2D eigenvalue weighted by molar-refractivity contribution is 0.00453. The minimum Gasteiger partial charge on any atom is -0.390 e. The van der Waals surface area contributed by atoms with E-state index in [0.717, 1.165) is 12.8 Å². The highest BCUT2D eigenvalue weighted by atomic mass is 16.5. The number of aliphatic hydroxyl groups is 1. The predicted molar refractivity (Wildman–Crippen MR) is 86.1 cm³/mol. The molecule has 2 nitrogen and oxygen atoms in total. The lowest BCUT2D eigenvalue weighted by Crippen LogP contribution is -2.26. The van der Waals surface area contributed by atoms with Crippen LogP contribution < -0.4 is 0 Å². The Kier molecular flexibility index (Phi) is 5.97. The average molecular weight is 284 g/mol. The van der Waals surface area contributed by atoms with Crippen LogP contribution in [0.25, 0.3) is 0 Å². The average Bonchev–Trinajstić information content (AvgIpc) is 2.52. The summed E-state index contributed by atoms with van der Waals surface area (Å²) in [5.41, 5.74) is 1.76. The van der Waals surface area contributed by atoms with E-state index in [2.05, 4.69) is 12.1 Å². The van der Waals surface area contributed by atoms with E-state index in [4.69, 9.17) is 4.74 Å². The Hall–Kier alpha value is -1.64. The Morgan fingerprint density at radius 3 is 2.05 bits per heavy atom. The fraction of sp³-hybridized carbons (Fsp3) is 0.368. The van der Waals surface area contributed by atoms with Crippen molar-refractivity contribution >= 4 is 0 Å². The maximum Gasteiger partial charge on any atom is 0.0716 e. The van der Waals surface area contributed by atoms with E-state index in [-0.39, 0.29) is 0 Å². The van der Waals surface area contributed by atoms with E-state index in [1.807, 2.05) is 55.5 Å². The van der Waals surface area contributed by atoms with Gasteiger partial charge in [-0.05, 0) is 37.3 Å². The van der Waals surface area contributed by atoms with Crippen molar-refractivity contribution in [2.45, 2.75) is 38.4 Å². The van der Waals surface area contributed by atoms with Crippen molar-refractivity contribution in [3.05, 3.63) is 71.8 Å². The van der Waals surface area contributed by atoms with Crippen LogP contribution in [-0.2, 0) is 17.8 Å². The van der Waals surface area contributed by atoms with E-state index >= 15 is 0 Å². The minimum absolute atomic E-state index is 0.580. The molecule has 0 saturated heterocycles. The van der Waals surface area contributed by atoms with Gasteiger partial charge in [-0.25, -0.2) is 0 Å². The van der Waals surface area contributed by atoms with Gasteiger partial charge in [0.2, 0.25) is 0 Å². The number of hydrogen-bond donors (Lipinski definition) is 1. The second-order valence-corrected chi connectivity index (χ2v) is 5.77. The van der Waals surface area contributed by atoms with Gasteiger partial charge in [0, 0.05) is 6.61 Å². The summed E-state index contributed by atoms with van der Waals surface area (Å²) in [6.45, 7) is 3.08. The molecule has 112 valence electrons. The van der Waals surface area contributed by atoms with E-state index in [1.54, 1.807) is 0 Å². The van der Waals surface area contributed by atoms with Crippen molar-refractivity contribution in [1.82, 2.24) is 0 Å². The first-order valence-corrected chi connectivity index (χ1v) is 7.54. The Morgan fingerprint density at radius 2 is 1.43 bits per heavy atom. The summed E-state index contributed by atoms with van der Waals surface area (Å²) < 4.78 is 5.65. The van der Waals surface area contributed by atoms with E-state index < -0.39 is 5.60 Å². The van der Waals surface area contributed by atoms with Gasteiger partial charge in [0.05, 0.1) is 12.2 Å². The van der Waals surface area contributed by atoms with Crippen LogP contribution in [0.3, 0.4) is 0 Å². The van der Waals surface area contributed by atoms with Gasteiger partial charge in [-0.1, -0.05) is 60.7 Å². The van der Waals surface area contributed by atoms with Crippen LogP contribution in [-0.4, -0.2) is 17.3 Å². The van der Waals surface area contributed by atoms with Gasteiger partial charge in [-0.15, -0.1) is 0 Å². The molecule has 1 N–H and O–H groups in total. The minimum atomic E-state index is -0.674. The third kappa shape index (κ3) is 6.11. The topological polar surface area (TPSA) is 29.5 Å². The SMILES string of the molecule is C[C@@](O)(CCOCc1ccccc1)CCc1ccccc1. The Balaban J connectivity index is 1.66. The molecule has 2 rings (SSSR count). The van der Waals surface area contributed by atoms with Gasteiger partial charge in [-0.3, -0.25) is 0 Å². The zero-order chi connectivity index (χ0) is 15.0. The zero-order valence-electron chi connectivity index (χ0n) is 12.7. The third-order valence-corrected chi connectivity index (χ3v) is 3.69. The molecule has 0 unspecified atom stereocenters. The van der Waals surface area contributed by atoms with Crippen LogP contribution in [0.5, 0.6) is 0 Å². The highest BCUT2D eigenvalue weighted by molar-refractivity contribution is 5.15. The van der Waals surface area contributed by atoms with Crippen molar-refractivity contribution in [3.8, 4) is 0 Å². The molecule has 2 aromatic rings. The van der Waals surface area contributed by atoms with E-state index in [9.17, 15) is 5.11 Å². The maximum atomic E-state index is 10.4. The first-order valence-electron chi connectivity index (χ1n) is 7.54. The molecule has 0 aliphatic heterocycles. The monoisotopic (exact) mass is 284 g/mol. The lowest BCUT2D eigenvalue weighted by atomic mass is 9.94. The number of benzene rings is 2. The molecule has 0 heterocycles. The first kappa shape index (κ1) is 15.7. The summed E-state index contributed by atoms with van der Waals surface area (Å²) in [5.74, 6) is 0. The quantitative estimate of drug-likeness (QED) is 0.743. The molecule has 0 spiro atoms. The van der Waals surface area contributed by atoms with Crippen LogP contribution in [0.4, 0.5) is 0 Å². The van der Waals surface area contributed by atoms with E-state index in [1.165, 1.54) is 11.1 Å². The van der Waals surface area contributed by atoms with Crippen LogP contribution in [0.1, 0.15) is 30.9 Å². The molecule has 0 bridgehead atoms. The highest BCUT2D eigenvalue weighted by Gasteiger charge is 2.19. The normalized spacial score (nSPS) is 13.8. The molecule has 0 aliphatic rings. The fourth-order valence-electron chi connectivity index (χ4n) is 2.24. The molecule has 1 atom stereocenters. The zero-order valence-corrected chi connectivity index (χ0v) is 12.7. The molecule has 2 aromatic carbocycles. The number of aryl methyl sites for hydroxylation is 1. The molecule has 0 fully saturated rings. The Labute approximate surface area is 127 Å². The van der Waals surface area contributed by atoms with Crippen molar-refractivity contribution in [2.75, 3.05) is 6.61 Å². The van der Waals surface area contributed by atoms with Gasteiger partial charge in [0.25, 0.3) is 0 Å². The van der Waals surface area contributed by atoms with Crippen molar-refractivity contribution in [3.63, 3.8) is 0 Å². The predicted octanol–water partition coefficient (Wildman–Crippen LogP) is 3.98. The first-order chi connectivity index (χ1) is 10.2. The van der Waals surface area contributed by atoms with Crippen LogP contribution >= 0.6 is 0 Å². The van der Waals surface area contributed by atoms with Crippen LogP contribution in [0, 0.1) is 0 Å². The lowest BCUT2D eigenvalue weighted by Gasteiger charge is -2.23. The fourth-order valence-corrected chi connectivity index (χ4v) is 2.24. The van der Waals surface area contributed by atoms with Gasteiger partial charge in [-0.2, -0.15) is 0 Å². The Bertz CT molecular complexity index is 506. The summed E-state index contributed by atoms with van der Waals surface area (Å²) in [5, 5.41) is 10.4. The molecule has 0 amide bonds. The third-order valence-electron chi connectivity index (χ3n) is 3.69. The molecule has 0 aliphatic carbocycles. The highest BCUT2D eigenvalue weighted by Crippen LogP contribution is 2.18. The molecule has 0 radical (unpaired) electrons. The molecule has 21 heavy (non-hydrogen) atoms. The van der Waals surface area contributed by atoms with Crippen LogP contribution in [0.15, 0.2) is 60.7 Å². The summed E-state index contributed by atoms with van der Waals surface area (Å²) in [6.07, 6.45) is 2.31. The van der Waals surface area contributed by atoms with Crippen molar-refractivity contribution in [1.29, 1.82) is 0 Å². The molecule has 2 heteroatoms. The summed E-state index contributed by atoms with van der Waals surface area (Å²) in [7, 11) is 0. The van der Waals surface area contributed by atoms with Gasteiger partial charge in [0.1, 0.15) is 0 Å². The number of hydrogen-bond acceptors (Lipinski definition) is 2. The summed E-state index contributed by atoms with van der Waals surface area (Å²) in [4.78, 5) is 0. The largest absolute Gasteiger partial charge is 0.390 e. The van der Waals surface area contributed by atoms with Gasteiger partial charge in [0.15, 0.2) is 0 Å². The van der Waals surface area contributed by atoms with Gasteiger partial charge >= 0.3 is 0 Å². The summed E-state index contributed by atoms with van der Waals surface area (Å²) in [6, 6.07) is 20.4. The number of rotatable bonds is 8. The molecule has 0 saturated carbocycles. The Morgan fingerprint density at radius 1 is 0.857 bits per heavy atom. The molecular formula is C19H24O2. The summed E-state index contributed by atoms with van der Waals surface area (Å²) >= 11 is 0.